The van der Waals surface area contributed by atoms with Crippen LogP contribution in [0.2, 0.25) is 5.02 Å². The molecule has 2 atom stereocenters. The highest BCUT2D eigenvalue weighted by molar-refractivity contribution is 6.30. The second-order valence-electron chi connectivity index (χ2n) is 8.56. The molecular formula is C24H26ClF2N3O5. The fourth-order valence-electron chi connectivity index (χ4n) is 4.30. The number of piperidine rings is 1. The molecule has 0 unspecified atom stereocenters. The van der Waals surface area contributed by atoms with Crippen molar-refractivity contribution < 1.29 is 33.0 Å². The van der Waals surface area contributed by atoms with E-state index in [4.69, 9.17) is 21.1 Å². The average Bonchev–Trinajstić information content (AvgIpc) is 2.81. The summed E-state index contributed by atoms with van der Waals surface area (Å²) >= 11 is 5.86. The number of carbonyl (C=O) groups is 2. The smallest absolute Gasteiger partial charge is 0.407 e. The topological polar surface area (TPSA) is 100 Å². The van der Waals surface area contributed by atoms with Crippen LogP contribution in [0.25, 0.3) is 0 Å². The molecule has 2 aliphatic rings. The first-order valence-electron chi connectivity index (χ1n) is 11.3. The Morgan fingerprint density at radius 1 is 1.29 bits per heavy atom. The van der Waals surface area contributed by atoms with E-state index in [0.717, 1.165) is 0 Å². The first-order chi connectivity index (χ1) is 16.7. The minimum Gasteiger partial charge on any atom is -0.490 e. The number of anilines is 2. The molecule has 35 heavy (non-hydrogen) atoms. The summed E-state index contributed by atoms with van der Waals surface area (Å²) in [6.45, 7) is 2.05. The van der Waals surface area contributed by atoms with Gasteiger partial charge in [0.1, 0.15) is 29.6 Å². The highest BCUT2D eigenvalue weighted by atomic mass is 35.5. The molecule has 2 aromatic rings. The quantitative estimate of drug-likeness (QED) is 0.550. The number of ether oxygens (including phenoxy) is 2. The molecule has 0 saturated carbocycles. The number of carbonyl (C=O) groups excluding carboxylic acids is 2. The molecule has 0 bridgehead atoms. The number of rotatable bonds is 6. The van der Waals surface area contributed by atoms with Gasteiger partial charge in [-0.25, -0.2) is 13.6 Å². The molecule has 0 aromatic heterocycles. The van der Waals surface area contributed by atoms with Crippen molar-refractivity contribution in [2.75, 3.05) is 36.5 Å². The summed E-state index contributed by atoms with van der Waals surface area (Å²) in [5.74, 6) is -1.08. The maximum atomic E-state index is 14.5. The summed E-state index contributed by atoms with van der Waals surface area (Å²) < 4.78 is 40.1. The molecule has 1 saturated heterocycles. The molecule has 11 heteroatoms. The van der Waals surface area contributed by atoms with E-state index in [2.05, 4.69) is 10.6 Å². The van der Waals surface area contributed by atoms with Crippen molar-refractivity contribution in [3.05, 3.63) is 52.6 Å². The number of fused-ring (bicyclic) bond motifs is 1. The lowest BCUT2D eigenvalue weighted by atomic mass is 9.88. The van der Waals surface area contributed by atoms with Crippen LogP contribution >= 0.6 is 11.6 Å². The summed E-state index contributed by atoms with van der Waals surface area (Å²) in [7, 11) is 0. The number of alkyl carbamates (subject to hydrolysis) is 1. The van der Waals surface area contributed by atoms with Crippen molar-refractivity contribution in [1.82, 2.24) is 5.32 Å². The van der Waals surface area contributed by atoms with Crippen molar-refractivity contribution >= 4 is 35.0 Å². The largest absolute Gasteiger partial charge is 0.490 e. The number of aliphatic hydroxyl groups is 1. The monoisotopic (exact) mass is 509 g/mol. The molecule has 2 aliphatic heterocycles. The Labute approximate surface area is 206 Å². The molecule has 2 heterocycles. The zero-order chi connectivity index (χ0) is 25.2. The number of halogens is 3. The van der Waals surface area contributed by atoms with Gasteiger partial charge in [0.05, 0.1) is 17.9 Å². The van der Waals surface area contributed by atoms with Crippen molar-refractivity contribution in [1.29, 1.82) is 0 Å². The van der Waals surface area contributed by atoms with E-state index in [1.165, 1.54) is 24.3 Å². The van der Waals surface area contributed by atoms with E-state index < -0.39 is 29.4 Å². The van der Waals surface area contributed by atoms with Crippen molar-refractivity contribution in [3.8, 4) is 5.75 Å². The Bertz CT molecular complexity index is 1130. The Kier molecular flexibility index (Phi) is 7.32. The van der Waals surface area contributed by atoms with E-state index in [1.807, 2.05) is 0 Å². The van der Waals surface area contributed by atoms with Gasteiger partial charge in [0.25, 0.3) is 0 Å². The minimum absolute atomic E-state index is 0.00707. The van der Waals surface area contributed by atoms with Crippen molar-refractivity contribution in [2.24, 2.45) is 0 Å². The molecule has 2 amide bonds. The van der Waals surface area contributed by atoms with E-state index in [1.54, 1.807) is 17.9 Å². The first-order valence-corrected chi connectivity index (χ1v) is 11.7. The standard InChI is InChI=1S/C24H26ClF2N3O5/c1-2-28-23(32)35-20-12-30(18-6-3-14(25)11-17(18)27)10-9-24(20,33)13-34-19-7-5-16(26)22-15(19)4-8-21(31)29-22/h3,5-7,11,20,33H,2,4,8-10,12-13H2,1H3,(H,28,32)(H,29,31)/t20-,24-/m1/s1. The van der Waals surface area contributed by atoms with Gasteiger partial charge in [-0.3, -0.25) is 4.79 Å². The average molecular weight is 510 g/mol. The Morgan fingerprint density at radius 3 is 2.83 bits per heavy atom. The number of hydrogen-bond donors (Lipinski definition) is 3. The lowest BCUT2D eigenvalue weighted by molar-refractivity contribution is -0.116. The lowest BCUT2D eigenvalue weighted by Crippen LogP contribution is -2.60. The number of amides is 2. The summed E-state index contributed by atoms with van der Waals surface area (Å²) in [6.07, 6.45) is -1.22. The van der Waals surface area contributed by atoms with Gasteiger partial charge < -0.3 is 30.1 Å². The summed E-state index contributed by atoms with van der Waals surface area (Å²) in [5, 5.41) is 16.8. The molecule has 3 N–H and O–H groups in total. The maximum Gasteiger partial charge on any atom is 0.407 e. The lowest BCUT2D eigenvalue weighted by Gasteiger charge is -2.44. The van der Waals surface area contributed by atoms with Gasteiger partial charge in [0.15, 0.2) is 6.10 Å². The van der Waals surface area contributed by atoms with Crippen LogP contribution in [0.15, 0.2) is 30.3 Å². The van der Waals surface area contributed by atoms with Gasteiger partial charge in [0, 0.05) is 36.5 Å². The first kappa shape index (κ1) is 25.0. The van der Waals surface area contributed by atoms with E-state index in [0.29, 0.717) is 17.9 Å². The van der Waals surface area contributed by atoms with Crippen LogP contribution in [0.1, 0.15) is 25.3 Å². The van der Waals surface area contributed by atoms with Crippen LogP contribution in [0.4, 0.5) is 25.0 Å². The van der Waals surface area contributed by atoms with E-state index >= 15 is 0 Å². The van der Waals surface area contributed by atoms with Crippen LogP contribution in [-0.2, 0) is 16.0 Å². The van der Waals surface area contributed by atoms with Crippen LogP contribution in [0.3, 0.4) is 0 Å². The molecule has 1 fully saturated rings. The second-order valence-corrected chi connectivity index (χ2v) is 8.99. The maximum absolute atomic E-state index is 14.5. The third kappa shape index (κ3) is 5.43. The molecule has 188 valence electrons. The fraction of sp³-hybridized carbons (Fsp3) is 0.417. The van der Waals surface area contributed by atoms with Crippen LogP contribution < -0.4 is 20.3 Å². The Balaban J connectivity index is 1.55. The highest BCUT2D eigenvalue weighted by Crippen LogP contribution is 2.36. The van der Waals surface area contributed by atoms with Gasteiger partial charge in [-0.05, 0) is 43.7 Å². The summed E-state index contributed by atoms with van der Waals surface area (Å²) in [4.78, 5) is 25.6. The van der Waals surface area contributed by atoms with Crippen molar-refractivity contribution in [2.45, 2.75) is 37.9 Å². The minimum atomic E-state index is -1.61. The molecular weight excluding hydrogens is 484 g/mol. The third-order valence-electron chi connectivity index (χ3n) is 6.18. The second kappa shape index (κ2) is 10.2. The van der Waals surface area contributed by atoms with Gasteiger partial charge in [-0.15, -0.1) is 0 Å². The van der Waals surface area contributed by atoms with Crippen LogP contribution in [0.5, 0.6) is 5.75 Å². The fourth-order valence-corrected chi connectivity index (χ4v) is 4.46. The number of hydrogen-bond acceptors (Lipinski definition) is 6. The zero-order valence-corrected chi connectivity index (χ0v) is 19.8. The number of nitrogens with zero attached hydrogens (tertiary/aromatic N) is 1. The third-order valence-corrected chi connectivity index (χ3v) is 6.42. The molecule has 0 spiro atoms. The van der Waals surface area contributed by atoms with Gasteiger partial charge in [-0.2, -0.15) is 0 Å². The van der Waals surface area contributed by atoms with Gasteiger partial charge in [-0.1, -0.05) is 11.6 Å². The van der Waals surface area contributed by atoms with Gasteiger partial charge in [0.2, 0.25) is 5.91 Å². The molecule has 0 aliphatic carbocycles. The van der Waals surface area contributed by atoms with Crippen molar-refractivity contribution in [3.63, 3.8) is 0 Å². The van der Waals surface area contributed by atoms with Gasteiger partial charge >= 0.3 is 6.09 Å². The molecule has 4 rings (SSSR count). The Hall–Kier alpha value is -3.11. The molecule has 0 radical (unpaired) electrons. The Morgan fingerprint density at radius 2 is 2.09 bits per heavy atom. The summed E-state index contributed by atoms with van der Waals surface area (Å²) in [5.41, 5.74) is -0.780. The highest BCUT2D eigenvalue weighted by Gasteiger charge is 2.46. The summed E-state index contributed by atoms with van der Waals surface area (Å²) in [6, 6.07) is 6.89. The van der Waals surface area contributed by atoms with E-state index in [-0.39, 0.29) is 61.3 Å². The normalized spacial score (nSPS) is 21.7. The van der Waals surface area contributed by atoms with E-state index in [9.17, 15) is 23.5 Å². The zero-order valence-electron chi connectivity index (χ0n) is 19.1. The number of nitrogens with one attached hydrogen (secondary N) is 2. The predicted octanol–water partition coefficient (Wildman–Crippen LogP) is 3.64. The van der Waals surface area contributed by atoms with Crippen LogP contribution in [-0.4, -0.2) is 55.1 Å². The molecule has 8 nitrogen and oxygen atoms in total. The number of benzene rings is 2. The van der Waals surface area contributed by atoms with Crippen LogP contribution in [0, 0.1) is 11.6 Å². The predicted molar refractivity (Wildman–Crippen MR) is 126 cm³/mol. The SMILES string of the molecule is CCNC(=O)O[C@@H]1CN(c2ccc(Cl)cc2F)CC[C@@]1(O)COc1ccc(F)c2c1CCC(=O)N2. The molecule has 2 aromatic carbocycles.